The van der Waals surface area contributed by atoms with E-state index in [-0.39, 0.29) is 25.0 Å². The number of aliphatic imine (C=N–C) groups is 1. The summed E-state index contributed by atoms with van der Waals surface area (Å²) in [6, 6.07) is -4.49. The van der Waals surface area contributed by atoms with Crippen LogP contribution < -0.4 is 10.6 Å². The van der Waals surface area contributed by atoms with Crippen LogP contribution in [0.2, 0.25) is 0 Å². The van der Waals surface area contributed by atoms with Gasteiger partial charge in [-0.05, 0) is 39.2 Å². The maximum absolute atomic E-state index is 14.2. The first-order valence-corrected chi connectivity index (χ1v) is 13.3. The number of alkyl halides is 6. The lowest BCUT2D eigenvalue weighted by atomic mass is 10.00. The van der Waals surface area contributed by atoms with E-state index in [1.165, 1.54) is 18.7 Å². The molecule has 0 aliphatic carbocycles. The van der Waals surface area contributed by atoms with Crippen molar-refractivity contribution in [2.45, 2.75) is 82.7 Å². The third-order valence-electron chi connectivity index (χ3n) is 6.94. The zero-order valence-corrected chi connectivity index (χ0v) is 23.3. The highest BCUT2D eigenvalue weighted by molar-refractivity contribution is 7.81. The second-order valence-corrected chi connectivity index (χ2v) is 10.4. The Kier molecular flexibility index (Phi) is 10.3. The number of halogens is 6. The molecule has 2 fully saturated rings. The highest BCUT2D eigenvalue weighted by Crippen LogP contribution is 2.35. The maximum atomic E-state index is 14.2. The average Bonchev–Trinajstić information content (AvgIpc) is 3.50. The molecular weight excluding hydrogens is 580 g/mol. The minimum atomic E-state index is -5.08. The smallest absolute Gasteiger partial charge is 0.388 e. The molecule has 3 N–H and O–H groups in total. The molecule has 5 atom stereocenters. The number of pyridine rings is 1. The number of hydrogen-bond acceptors (Lipinski definition) is 8. The molecule has 0 saturated carbocycles. The van der Waals surface area contributed by atoms with Crippen molar-refractivity contribution in [3.8, 4) is 0 Å². The van der Waals surface area contributed by atoms with Gasteiger partial charge in [0.1, 0.15) is 11.9 Å². The summed E-state index contributed by atoms with van der Waals surface area (Å²) in [5, 5.41) is 14.4. The molecule has 1 aromatic heterocycles. The van der Waals surface area contributed by atoms with E-state index < -0.39 is 76.6 Å². The van der Waals surface area contributed by atoms with Gasteiger partial charge in [0.05, 0.1) is 41.5 Å². The van der Waals surface area contributed by atoms with Crippen LogP contribution in [-0.4, -0.2) is 93.6 Å². The number of likely N-dealkylation sites (tertiary alicyclic amines) is 1. The lowest BCUT2D eigenvalue weighted by Crippen LogP contribution is -2.47. The number of ether oxygens (including phenoxy) is 1. The monoisotopic (exact) mass is 611 g/mol. The first-order valence-electron chi connectivity index (χ1n) is 12.9. The van der Waals surface area contributed by atoms with Gasteiger partial charge in [-0.25, -0.2) is 4.98 Å². The van der Waals surface area contributed by atoms with Gasteiger partial charge in [0.2, 0.25) is 0 Å². The molecule has 2 aliphatic heterocycles. The number of hydrogen-bond donors (Lipinski definition) is 3. The van der Waals surface area contributed by atoms with Gasteiger partial charge in [-0.3, -0.25) is 14.6 Å². The number of carbonyl (C=O) groups is 2. The number of thiocarbonyl (C=S) groups is 1. The van der Waals surface area contributed by atoms with Gasteiger partial charge < -0.3 is 25.4 Å². The molecule has 0 aromatic carbocycles. The molecule has 3 rings (SSSR count). The van der Waals surface area contributed by atoms with E-state index in [1.54, 1.807) is 6.92 Å². The number of aliphatic hydroxyl groups is 1. The van der Waals surface area contributed by atoms with Crippen LogP contribution in [-0.2, 0) is 20.5 Å². The van der Waals surface area contributed by atoms with Crippen molar-refractivity contribution in [3.05, 3.63) is 23.4 Å². The fraction of sp³-hybridized carbons (Fsp3) is 0.640. The molecule has 41 heavy (non-hydrogen) atoms. The molecule has 1 aromatic rings. The molecule has 0 bridgehead atoms. The number of carbonyl (C=O) groups excluding carboxylic acids is 2. The predicted molar refractivity (Wildman–Crippen MR) is 141 cm³/mol. The van der Waals surface area contributed by atoms with Crippen molar-refractivity contribution in [3.63, 3.8) is 0 Å². The van der Waals surface area contributed by atoms with Gasteiger partial charge in [0, 0.05) is 24.3 Å². The summed E-state index contributed by atoms with van der Waals surface area (Å²) >= 11 is 5.34. The number of aliphatic hydroxyl groups excluding tert-OH is 1. The number of nitrogens with one attached hydrogen (secondary N) is 2. The lowest BCUT2D eigenvalue weighted by Gasteiger charge is -2.27. The molecule has 0 spiro atoms. The van der Waals surface area contributed by atoms with Gasteiger partial charge in [-0.15, -0.1) is 0 Å². The largest absolute Gasteiger partial charge is 0.417 e. The Balaban J connectivity index is 2.01. The minimum Gasteiger partial charge on any atom is -0.388 e. The van der Waals surface area contributed by atoms with E-state index in [0.717, 1.165) is 0 Å². The Hall–Kier alpha value is -2.85. The second-order valence-electron chi connectivity index (χ2n) is 9.95. The highest BCUT2D eigenvalue weighted by atomic mass is 32.1. The van der Waals surface area contributed by atoms with Gasteiger partial charge in [-0.1, -0.05) is 19.1 Å². The number of aromatic nitrogens is 1. The Morgan fingerprint density at radius 1 is 1.27 bits per heavy atom. The van der Waals surface area contributed by atoms with Crippen molar-refractivity contribution in [2.24, 2.45) is 4.99 Å². The van der Waals surface area contributed by atoms with Crippen molar-refractivity contribution < 1.29 is 45.8 Å². The van der Waals surface area contributed by atoms with Crippen LogP contribution in [0.3, 0.4) is 0 Å². The second kappa shape index (κ2) is 13.0. The van der Waals surface area contributed by atoms with Gasteiger partial charge >= 0.3 is 12.4 Å². The lowest BCUT2D eigenvalue weighted by molar-refractivity contribution is -0.143. The number of nitrogens with zero attached hydrogens (tertiary/aromatic N) is 3. The summed E-state index contributed by atoms with van der Waals surface area (Å²) in [6.07, 6.45) is -9.32. The fourth-order valence-electron chi connectivity index (χ4n) is 4.56. The van der Waals surface area contributed by atoms with E-state index in [4.69, 9.17) is 17.0 Å². The summed E-state index contributed by atoms with van der Waals surface area (Å²) in [6.45, 7) is 4.54. The molecular formula is C25H31F6N5O4S. The van der Waals surface area contributed by atoms with Crippen LogP contribution in [0.25, 0.3) is 0 Å². The van der Waals surface area contributed by atoms with E-state index >= 15 is 0 Å². The van der Waals surface area contributed by atoms with Crippen molar-refractivity contribution in [1.82, 2.24) is 15.2 Å². The third-order valence-corrected chi connectivity index (χ3v) is 7.38. The Morgan fingerprint density at radius 2 is 1.95 bits per heavy atom. The van der Waals surface area contributed by atoms with Gasteiger partial charge in [-0.2, -0.15) is 26.3 Å². The molecule has 3 heterocycles. The molecule has 2 amide bonds. The summed E-state index contributed by atoms with van der Waals surface area (Å²) in [5.74, 6) is -2.20. The maximum Gasteiger partial charge on any atom is 0.417 e. The summed E-state index contributed by atoms with van der Waals surface area (Å²) in [7, 11) is 0. The average molecular weight is 612 g/mol. The van der Waals surface area contributed by atoms with E-state index in [2.05, 4.69) is 15.3 Å². The van der Waals surface area contributed by atoms with E-state index in [9.17, 15) is 41.0 Å². The number of rotatable bonds is 9. The first-order chi connectivity index (χ1) is 19.0. The third kappa shape index (κ3) is 7.92. The Morgan fingerprint density at radius 3 is 2.46 bits per heavy atom. The standard InChI is InChI=1S/C25H31F6N5O4S/c1-4-18(25(29,30)31)35-19-8-15(24(26,27)28)14(9-32-19)21(41)20(23(39)36-7-5-6-12(36)2)33-13(3)22(38)34-16-10-40-11-17(16)37/h8-9,12,16-18,20,37H,4-7,10-11H2,1-3H3,(H,32,35)(H,34,38)/b33-13+/t12-,16+,17+,18-,20?/m0/s1. The summed E-state index contributed by atoms with van der Waals surface area (Å²) in [5.41, 5.74) is -2.42. The summed E-state index contributed by atoms with van der Waals surface area (Å²) in [4.78, 5) is 35.0. The fourth-order valence-corrected chi connectivity index (χ4v) is 4.87. The zero-order chi connectivity index (χ0) is 30.7. The topological polar surface area (TPSA) is 116 Å². The molecule has 2 aliphatic rings. The molecule has 2 saturated heterocycles. The van der Waals surface area contributed by atoms with Crippen LogP contribution in [0.4, 0.5) is 32.2 Å². The van der Waals surface area contributed by atoms with Crippen LogP contribution in [0.15, 0.2) is 17.3 Å². The van der Waals surface area contributed by atoms with Crippen molar-refractivity contribution in [1.29, 1.82) is 0 Å². The quantitative estimate of drug-likeness (QED) is 0.170. The Labute approximate surface area is 237 Å². The predicted octanol–water partition coefficient (Wildman–Crippen LogP) is 3.29. The van der Waals surface area contributed by atoms with Gasteiger partial charge in [0.15, 0.2) is 6.04 Å². The molecule has 1 unspecified atom stereocenters. The SMILES string of the molecule is CC[C@H](Nc1cc(C(F)(F)F)c(C(=S)C(/N=C(\C)C(=O)N[C@@H]2COC[C@H]2O)C(=O)N2CCC[C@@H]2C)cn1)C(F)(F)F. The zero-order valence-electron chi connectivity index (χ0n) is 22.5. The molecule has 9 nitrogen and oxygen atoms in total. The minimum absolute atomic E-state index is 0.000767. The number of amides is 2. The van der Waals surface area contributed by atoms with Crippen LogP contribution in [0.5, 0.6) is 0 Å². The number of anilines is 1. The van der Waals surface area contributed by atoms with E-state index in [0.29, 0.717) is 31.6 Å². The van der Waals surface area contributed by atoms with E-state index in [1.807, 2.05) is 5.32 Å². The molecule has 0 radical (unpaired) electrons. The van der Waals surface area contributed by atoms with Crippen LogP contribution in [0, 0.1) is 0 Å². The summed E-state index contributed by atoms with van der Waals surface area (Å²) < 4.78 is 87.2. The highest BCUT2D eigenvalue weighted by Gasteiger charge is 2.42. The normalized spacial score (nSPS) is 23.3. The first kappa shape index (κ1) is 32.7. The van der Waals surface area contributed by atoms with Crippen LogP contribution >= 0.6 is 12.2 Å². The van der Waals surface area contributed by atoms with Crippen molar-refractivity contribution >= 4 is 40.4 Å². The molecule has 228 valence electrons. The Bertz CT molecular complexity index is 1180. The molecule has 16 heteroatoms. The van der Waals surface area contributed by atoms with Crippen LogP contribution in [0.1, 0.15) is 51.2 Å². The van der Waals surface area contributed by atoms with Crippen molar-refractivity contribution in [2.75, 3.05) is 25.1 Å². The van der Waals surface area contributed by atoms with Gasteiger partial charge in [0.25, 0.3) is 11.8 Å².